The molecule has 0 unspecified atom stereocenters. The molecule has 30 heavy (non-hydrogen) atoms. The summed E-state index contributed by atoms with van der Waals surface area (Å²) in [6, 6.07) is 14.0. The first-order chi connectivity index (χ1) is 14.5. The van der Waals surface area contributed by atoms with Crippen LogP contribution >= 0.6 is 0 Å². The highest BCUT2D eigenvalue weighted by Crippen LogP contribution is 2.22. The number of phenolic OH excluding ortho intramolecular Hbond substituents is 1. The lowest BCUT2D eigenvalue weighted by atomic mass is 10.0. The van der Waals surface area contributed by atoms with Gasteiger partial charge in [0.25, 0.3) is 0 Å². The predicted octanol–water partition coefficient (Wildman–Crippen LogP) is 3.04. The van der Waals surface area contributed by atoms with Gasteiger partial charge >= 0.3 is 0 Å². The monoisotopic (exact) mass is 412 g/mol. The Kier molecular flexibility index (Phi) is 8.11. The third kappa shape index (κ3) is 6.47. The maximum Gasteiger partial charge on any atom is 0.220 e. The SMILES string of the molecule is COc1ccc([C@@H](O)[C@@H](CN2CCCC2)NC(=O)CCCc2ccc(O)cc2)cc1. The van der Waals surface area contributed by atoms with Crippen LogP contribution in [0.4, 0.5) is 0 Å². The van der Waals surface area contributed by atoms with Gasteiger partial charge in [-0.05, 0) is 74.2 Å². The highest BCUT2D eigenvalue weighted by atomic mass is 16.5. The van der Waals surface area contributed by atoms with Crippen molar-refractivity contribution < 1.29 is 19.7 Å². The Labute approximate surface area is 178 Å². The summed E-state index contributed by atoms with van der Waals surface area (Å²) >= 11 is 0. The molecule has 1 fully saturated rings. The molecule has 3 N–H and O–H groups in total. The first-order valence-corrected chi connectivity index (χ1v) is 10.7. The van der Waals surface area contributed by atoms with Crippen LogP contribution in [0.25, 0.3) is 0 Å². The number of aromatic hydroxyl groups is 1. The molecule has 1 heterocycles. The highest BCUT2D eigenvalue weighted by Gasteiger charge is 2.26. The molecule has 0 aromatic heterocycles. The Hall–Kier alpha value is -2.57. The molecule has 1 aliphatic rings. The molecule has 0 bridgehead atoms. The minimum Gasteiger partial charge on any atom is -0.508 e. The van der Waals surface area contributed by atoms with Crippen molar-refractivity contribution in [1.29, 1.82) is 0 Å². The van der Waals surface area contributed by atoms with Gasteiger partial charge in [0, 0.05) is 13.0 Å². The zero-order valence-electron chi connectivity index (χ0n) is 17.6. The van der Waals surface area contributed by atoms with Gasteiger partial charge in [0.1, 0.15) is 17.6 Å². The van der Waals surface area contributed by atoms with Gasteiger partial charge < -0.3 is 25.2 Å². The number of aliphatic hydroxyl groups is 1. The highest BCUT2D eigenvalue weighted by molar-refractivity contribution is 5.76. The number of aryl methyl sites for hydroxylation is 1. The van der Waals surface area contributed by atoms with Crippen molar-refractivity contribution in [3.63, 3.8) is 0 Å². The minimum absolute atomic E-state index is 0.0504. The number of nitrogens with zero attached hydrogens (tertiary/aromatic N) is 1. The summed E-state index contributed by atoms with van der Waals surface area (Å²) in [5.74, 6) is 0.930. The summed E-state index contributed by atoms with van der Waals surface area (Å²) in [4.78, 5) is 14.9. The fourth-order valence-electron chi connectivity index (χ4n) is 3.90. The van der Waals surface area contributed by atoms with E-state index in [1.54, 1.807) is 19.2 Å². The van der Waals surface area contributed by atoms with E-state index >= 15 is 0 Å². The number of carbonyl (C=O) groups excluding carboxylic acids is 1. The van der Waals surface area contributed by atoms with E-state index in [9.17, 15) is 15.0 Å². The third-order valence-electron chi connectivity index (χ3n) is 5.64. The number of likely N-dealkylation sites (tertiary alicyclic amines) is 1. The van der Waals surface area contributed by atoms with E-state index in [4.69, 9.17) is 4.74 Å². The van der Waals surface area contributed by atoms with Gasteiger partial charge in [-0.15, -0.1) is 0 Å². The van der Waals surface area contributed by atoms with Gasteiger partial charge in [0.05, 0.1) is 13.2 Å². The largest absolute Gasteiger partial charge is 0.508 e. The van der Waals surface area contributed by atoms with E-state index < -0.39 is 6.10 Å². The molecule has 0 aliphatic carbocycles. The maximum atomic E-state index is 12.6. The Morgan fingerprint density at radius 1 is 1.10 bits per heavy atom. The molecule has 6 heteroatoms. The molecular formula is C24H32N2O4. The number of amides is 1. The Morgan fingerprint density at radius 2 is 1.77 bits per heavy atom. The van der Waals surface area contributed by atoms with Crippen molar-refractivity contribution in [3.8, 4) is 11.5 Å². The molecule has 3 rings (SSSR count). The zero-order chi connectivity index (χ0) is 21.3. The zero-order valence-corrected chi connectivity index (χ0v) is 17.6. The van der Waals surface area contributed by atoms with Gasteiger partial charge in [-0.1, -0.05) is 24.3 Å². The lowest BCUT2D eigenvalue weighted by Gasteiger charge is -2.29. The second-order valence-corrected chi connectivity index (χ2v) is 7.92. The van der Waals surface area contributed by atoms with E-state index in [2.05, 4.69) is 10.2 Å². The Balaban J connectivity index is 1.57. The summed E-state index contributed by atoms with van der Waals surface area (Å²) in [5, 5.41) is 23.4. The standard InChI is InChI=1S/C24H32N2O4/c1-30-21-13-9-19(10-14-21)24(29)22(17-26-15-2-3-16-26)25-23(28)6-4-5-18-7-11-20(27)12-8-18/h7-14,22,24,27,29H,2-6,15-17H2,1H3,(H,25,28)/t22-,24-/m1/s1. The minimum atomic E-state index is -0.780. The van der Waals surface area contributed by atoms with Gasteiger partial charge in [-0.3, -0.25) is 4.79 Å². The van der Waals surface area contributed by atoms with Crippen LogP contribution in [0.5, 0.6) is 11.5 Å². The number of rotatable bonds is 10. The second kappa shape index (κ2) is 11.0. The van der Waals surface area contributed by atoms with Crippen molar-refractivity contribution in [2.45, 2.75) is 44.2 Å². The molecule has 1 amide bonds. The number of carbonyl (C=O) groups is 1. The number of aliphatic hydroxyl groups excluding tert-OH is 1. The van der Waals surface area contributed by atoms with Crippen LogP contribution in [0.1, 0.15) is 42.9 Å². The molecular weight excluding hydrogens is 380 g/mol. The van der Waals surface area contributed by atoms with Crippen LogP contribution in [0.2, 0.25) is 0 Å². The smallest absolute Gasteiger partial charge is 0.220 e. The number of methoxy groups -OCH3 is 1. The van der Waals surface area contributed by atoms with Crippen molar-refractivity contribution in [2.75, 3.05) is 26.7 Å². The maximum absolute atomic E-state index is 12.6. The number of benzene rings is 2. The average molecular weight is 413 g/mol. The van der Waals surface area contributed by atoms with Crippen LogP contribution in [-0.2, 0) is 11.2 Å². The molecule has 2 atom stereocenters. The lowest BCUT2D eigenvalue weighted by Crippen LogP contribution is -2.46. The van der Waals surface area contributed by atoms with Crippen molar-refractivity contribution >= 4 is 5.91 Å². The van der Waals surface area contributed by atoms with Gasteiger partial charge in [-0.2, -0.15) is 0 Å². The molecule has 1 aliphatic heterocycles. The summed E-state index contributed by atoms with van der Waals surface area (Å²) in [5.41, 5.74) is 1.86. The molecule has 0 saturated carbocycles. The lowest BCUT2D eigenvalue weighted by molar-refractivity contribution is -0.123. The first kappa shape index (κ1) is 22.1. The third-order valence-corrected chi connectivity index (χ3v) is 5.64. The van der Waals surface area contributed by atoms with Crippen molar-refractivity contribution in [2.24, 2.45) is 0 Å². The van der Waals surface area contributed by atoms with Crippen molar-refractivity contribution in [3.05, 3.63) is 59.7 Å². The number of hydrogen-bond donors (Lipinski definition) is 3. The number of ether oxygens (including phenoxy) is 1. The fraction of sp³-hybridized carbons (Fsp3) is 0.458. The van der Waals surface area contributed by atoms with Crippen LogP contribution in [0.3, 0.4) is 0 Å². The number of hydrogen-bond acceptors (Lipinski definition) is 5. The second-order valence-electron chi connectivity index (χ2n) is 7.92. The molecule has 2 aromatic rings. The van der Waals surface area contributed by atoms with Crippen LogP contribution in [0.15, 0.2) is 48.5 Å². The molecule has 6 nitrogen and oxygen atoms in total. The van der Waals surface area contributed by atoms with Crippen molar-refractivity contribution in [1.82, 2.24) is 10.2 Å². The van der Waals surface area contributed by atoms with Crippen LogP contribution in [0, 0.1) is 0 Å². The van der Waals surface area contributed by atoms with Gasteiger partial charge in [-0.25, -0.2) is 0 Å². The van der Waals surface area contributed by atoms with E-state index in [1.807, 2.05) is 36.4 Å². The van der Waals surface area contributed by atoms with E-state index in [0.717, 1.165) is 49.2 Å². The first-order valence-electron chi connectivity index (χ1n) is 10.7. The van der Waals surface area contributed by atoms with E-state index in [-0.39, 0.29) is 17.7 Å². The molecule has 162 valence electrons. The molecule has 0 spiro atoms. The summed E-state index contributed by atoms with van der Waals surface area (Å²) in [7, 11) is 1.61. The molecule has 0 radical (unpaired) electrons. The molecule has 2 aromatic carbocycles. The number of phenols is 1. The van der Waals surface area contributed by atoms with Crippen LogP contribution in [-0.4, -0.2) is 53.8 Å². The van der Waals surface area contributed by atoms with Crippen LogP contribution < -0.4 is 10.1 Å². The summed E-state index contributed by atoms with van der Waals surface area (Å²) in [6.45, 7) is 2.64. The summed E-state index contributed by atoms with van der Waals surface area (Å²) < 4.78 is 5.20. The van der Waals surface area contributed by atoms with Gasteiger partial charge in [0.15, 0.2) is 0 Å². The Morgan fingerprint density at radius 3 is 2.40 bits per heavy atom. The predicted molar refractivity (Wildman–Crippen MR) is 117 cm³/mol. The average Bonchev–Trinajstić information content (AvgIpc) is 3.27. The quantitative estimate of drug-likeness (QED) is 0.559. The fourth-order valence-corrected chi connectivity index (χ4v) is 3.90. The molecule has 1 saturated heterocycles. The van der Waals surface area contributed by atoms with E-state index in [0.29, 0.717) is 19.4 Å². The van der Waals surface area contributed by atoms with Gasteiger partial charge in [0.2, 0.25) is 5.91 Å². The van der Waals surface area contributed by atoms with E-state index in [1.165, 1.54) is 0 Å². The topological polar surface area (TPSA) is 82.0 Å². The summed E-state index contributed by atoms with van der Waals surface area (Å²) in [6.07, 6.45) is 3.42. The Bertz CT molecular complexity index is 786. The normalized spacial score (nSPS) is 16.2. The number of nitrogens with one attached hydrogen (secondary N) is 1.